The Morgan fingerprint density at radius 2 is 1.33 bits per heavy atom. The summed E-state index contributed by atoms with van der Waals surface area (Å²) in [5.41, 5.74) is -1.01. The van der Waals surface area contributed by atoms with Crippen molar-refractivity contribution in [2.75, 3.05) is 0 Å². The molecule has 0 aliphatic heterocycles. The van der Waals surface area contributed by atoms with E-state index >= 15 is 0 Å². The summed E-state index contributed by atoms with van der Waals surface area (Å²) >= 11 is 0. The minimum atomic E-state index is -2.18. The number of hydrogen-bond acceptors (Lipinski definition) is 1. The molecule has 6 heteroatoms. The molecule has 2 rings (SSSR count). The lowest BCUT2D eigenvalue weighted by Gasteiger charge is -2.03. The smallest absolute Gasteiger partial charge is 0.200 e. The Labute approximate surface area is 98.2 Å². The predicted octanol–water partition coefficient (Wildman–Crippen LogP) is 4.15. The molecule has 0 aliphatic carbocycles. The van der Waals surface area contributed by atoms with Gasteiger partial charge in [0.1, 0.15) is 5.76 Å². The Balaban J connectivity index is 2.52. The van der Waals surface area contributed by atoms with Crippen molar-refractivity contribution < 1.29 is 26.4 Å². The first kappa shape index (κ1) is 12.3. The van der Waals surface area contributed by atoms with Gasteiger partial charge >= 0.3 is 0 Å². The molecule has 0 saturated heterocycles. The first-order valence-corrected chi connectivity index (χ1v) is 4.75. The van der Waals surface area contributed by atoms with Crippen LogP contribution in [0.1, 0.15) is 11.3 Å². The quantitative estimate of drug-likeness (QED) is 0.449. The molecule has 0 fully saturated rings. The van der Waals surface area contributed by atoms with Gasteiger partial charge in [0.2, 0.25) is 5.82 Å². The summed E-state index contributed by atoms with van der Waals surface area (Å²) in [6, 6.07) is 2.97. The zero-order valence-electron chi connectivity index (χ0n) is 8.68. The van der Waals surface area contributed by atoms with Crippen molar-refractivity contribution in [2.45, 2.75) is 0 Å². The molecule has 1 heterocycles. The monoisotopic (exact) mass is 260 g/mol. The van der Waals surface area contributed by atoms with Crippen LogP contribution in [0.4, 0.5) is 22.0 Å². The molecular formula is C12H5F5O. The zero-order chi connectivity index (χ0) is 13.3. The van der Waals surface area contributed by atoms with Gasteiger partial charge in [-0.1, -0.05) is 0 Å². The van der Waals surface area contributed by atoms with Crippen LogP contribution in [0.15, 0.2) is 22.8 Å². The fraction of sp³-hybridized carbons (Fsp3) is 0. The van der Waals surface area contributed by atoms with Crippen LogP contribution >= 0.6 is 0 Å². The van der Waals surface area contributed by atoms with Crippen LogP contribution in [0.25, 0.3) is 12.2 Å². The molecule has 0 aliphatic rings. The van der Waals surface area contributed by atoms with Gasteiger partial charge in [-0.25, -0.2) is 22.0 Å². The second kappa shape index (κ2) is 4.64. The standard InChI is InChI=1S/C12H5F5O/c13-8-7(4-3-6-2-1-5-18-6)9(14)11(16)12(17)10(8)15/h1-5H. The summed E-state index contributed by atoms with van der Waals surface area (Å²) < 4.78 is 69.7. The van der Waals surface area contributed by atoms with Gasteiger partial charge in [0.25, 0.3) is 0 Å². The Hall–Kier alpha value is -2.11. The molecule has 0 radical (unpaired) electrons. The molecule has 0 N–H and O–H groups in total. The van der Waals surface area contributed by atoms with Crippen LogP contribution in [0.5, 0.6) is 0 Å². The van der Waals surface area contributed by atoms with Gasteiger partial charge in [0.15, 0.2) is 23.3 Å². The molecular weight excluding hydrogens is 255 g/mol. The first-order chi connectivity index (χ1) is 8.52. The van der Waals surface area contributed by atoms with Crippen LogP contribution in [0.2, 0.25) is 0 Å². The van der Waals surface area contributed by atoms with Gasteiger partial charge in [0.05, 0.1) is 11.8 Å². The molecule has 0 atom stereocenters. The molecule has 0 bridgehead atoms. The second-order valence-corrected chi connectivity index (χ2v) is 3.33. The third kappa shape index (κ3) is 2.01. The van der Waals surface area contributed by atoms with E-state index in [-0.39, 0.29) is 5.76 Å². The maximum absolute atomic E-state index is 13.2. The summed E-state index contributed by atoms with van der Waals surface area (Å²) in [6.45, 7) is 0. The number of hydrogen-bond donors (Lipinski definition) is 0. The van der Waals surface area contributed by atoms with Gasteiger partial charge in [-0.2, -0.15) is 0 Å². The SMILES string of the molecule is Fc1c(F)c(F)c(C=Cc2ccco2)c(F)c1F. The Kier molecular flexibility index (Phi) is 3.18. The normalized spacial score (nSPS) is 11.4. The fourth-order valence-electron chi connectivity index (χ4n) is 1.32. The summed E-state index contributed by atoms with van der Waals surface area (Å²) in [5, 5.41) is 0. The predicted molar refractivity (Wildman–Crippen MR) is 53.9 cm³/mol. The Bertz CT molecular complexity index is 572. The highest BCUT2D eigenvalue weighted by Gasteiger charge is 2.24. The van der Waals surface area contributed by atoms with Crippen molar-refractivity contribution >= 4 is 12.2 Å². The third-order valence-corrected chi connectivity index (χ3v) is 2.20. The van der Waals surface area contributed by atoms with Crippen molar-refractivity contribution in [3.8, 4) is 0 Å². The van der Waals surface area contributed by atoms with Crippen molar-refractivity contribution in [1.82, 2.24) is 0 Å². The maximum Gasteiger partial charge on any atom is 0.200 e. The molecule has 1 aromatic heterocycles. The van der Waals surface area contributed by atoms with Gasteiger partial charge in [-0.05, 0) is 24.3 Å². The molecule has 1 aromatic carbocycles. The van der Waals surface area contributed by atoms with Crippen molar-refractivity contribution in [3.05, 3.63) is 58.8 Å². The van der Waals surface area contributed by atoms with Crippen molar-refractivity contribution in [1.29, 1.82) is 0 Å². The second-order valence-electron chi connectivity index (χ2n) is 3.33. The summed E-state index contributed by atoms with van der Waals surface area (Å²) in [7, 11) is 0. The van der Waals surface area contributed by atoms with E-state index in [1.807, 2.05) is 0 Å². The lowest BCUT2D eigenvalue weighted by atomic mass is 10.1. The molecule has 0 unspecified atom stereocenters. The van der Waals surface area contributed by atoms with Crippen molar-refractivity contribution in [3.63, 3.8) is 0 Å². The van der Waals surface area contributed by atoms with E-state index in [0.717, 1.165) is 12.2 Å². The Morgan fingerprint density at radius 3 is 1.83 bits per heavy atom. The van der Waals surface area contributed by atoms with Crippen LogP contribution in [-0.4, -0.2) is 0 Å². The molecule has 94 valence electrons. The van der Waals surface area contributed by atoms with Crippen LogP contribution in [-0.2, 0) is 0 Å². The van der Waals surface area contributed by atoms with Crippen LogP contribution < -0.4 is 0 Å². The molecule has 0 saturated carbocycles. The highest BCUT2D eigenvalue weighted by atomic mass is 19.2. The van der Waals surface area contributed by atoms with Gasteiger partial charge in [-0.3, -0.25) is 0 Å². The minimum absolute atomic E-state index is 0.221. The third-order valence-electron chi connectivity index (χ3n) is 2.20. The molecule has 0 amide bonds. The minimum Gasteiger partial charge on any atom is -0.465 e. The number of benzene rings is 1. The van der Waals surface area contributed by atoms with E-state index in [4.69, 9.17) is 4.42 Å². The van der Waals surface area contributed by atoms with E-state index in [2.05, 4.69) is 0 Å². The maximum atomic E-state index is 13.2. The summed E-state index contributed by atoms with van der Waals surface area (Å²) in [6.07, 6.45) is 3.16. The first-order valence-electron chi connectivity index (χ1n) is 4.75. The van der Waals surface area contributed by atoms with E-state index in [0.29, 0.717) is 0 Å². The van der Waals surface area contributed by atoms with Crippen LogP contribution in [0.3, 0.4) is 0 Å². The summed E-state index contributed by atoms with van der Waals surface area (Å²) in [5.74, 6) is -9.68. The zero-order valence-corrected chi connectivity index (χ0v) is 8.68. The Morgan fingerprint density at radius 1 is 0.778 bits per heavy atom. The van der Waals surface area contributed by atoms with Gasteiger partial charge in [-0.15, -0.1) is 0 Å². The van der Waals surface area contributed by atoms with E-state index in [9.17, 15) is 22.0 Å². The van der Waals surface area contributed by atoms with Gasteiger partial charge < -0.3 is 4.42 Å². The topological polar surface area (TPSA) is 13.1 Å². The highest BCUT2D eigenvalue weighted by Crippen LogP contribution is 2.24. The lowest BCUT2D eigenvalue weighted by molar-refractivity contribution is 0.377. The van der Waals surface area contributed by atoms with Crippen LogP contribution in [0, 0.1) is 29.1 Å². The summed E-state index contributed by atoms with van der Waals surface area (Å²) in [4.78, 5) is 0. The van der Waals surface area contributed by atoms with E-state index in [1.165, 1.54) is 18.4 Å². The lowest BCUT2D eigenvalue weighted by Crippen LogP contribution is -2.03. The fourth-order valence-corrected chi connectivity index (χ4v) is 1.32. The number of rotatable bonds is 2. The highest BCUT2D eigenvalue weighted by molar-refractivity contribution is 5.68. The molecule has 2 aromatic rings. The molecule has 1 nitrogen and oxygen atoms in total. The van der Waals surface area contributed by atoms with E-state index < -0.39 is 34.6 Å². The largest absolute Gasteiger partial charge is 0.465 e. The molecule has 0 spiro atoms. The number of furan rings is 1. The average Bonchev–Trinajstić information content (AvgIpc) is 2.87. The van der Waals surface area contributed by atoms with Gasteiger partial charge in [0, 0.05) is 0 Å². The molecule has 18 heavy (non-hydrogen) atoms. The number of halogens is 5. The average molecular weight is 260 g/mol. The van der Waals surface area contributed by atoms with Crippen molar-refractivity contribution in [2.24, 2.45) is 0 Å². The van der Waals surface area contributed by atoms with E-state index in [1.54, 1.807) is 0 Å².